The minimum atomic E-state index is -0.432. The Morgan fingerprint density at radius 2 is 2.13 bits per heavy atom. The van der Waals surface area contributed by atoms with Gasteiger partial charge in [-0.3, -0.25) is 10.00 Å². The molecule has 30 heavy (non-hydrogen) atoms. The van der Waals surface area contributed by atoms with E-state index in [1.807, 2.05) is 30.5 Å². The standard InChI is InChI=1S/C20H25N7O3/c28-13-15(11-14-12-22-17-4-2-1-3-16(14)17)23-19(29)24-18-5-7-27(25-18)10-9-26-8-6-21-20(26)30/h1-5,7,12,15,22,28H,6,8-11,13H2,(H,21,30)(H2,23,24,25,29). The molecule has 0 aliphatic carbocycles. The van der Waals surface area contributed by atoms with Gasteiger partial charge in [0.25, 0.3) is 0 Å². The Morgan fingerprint density at radius 1 is 1.27 bits per heavy atom. The third kappa shape index (κ3) is 4.54. The van der Waals surface area contributed by atoms with Crippen LogP contribution < -0.4 is 16.0 Å². The molecular weight excluding hydrogens is 386 g/mol. The molecule has 158 valence electrons. The number of hydrogen-bond acceptors (Lipinski definition) is 4. The highest BCUT2D eigenvalue weighted by molar-refractivity contribution is 5.88. The van der Waals surface area contributed by atoms with Gasteiger partial charge in [0.1, 0.15) is 0 Å². The number of aromatic amines is 1. The minimum absolute atomic E-state index is 0.0647. The summed E-state index contributed by atoms with van der Waals surface area (Å²) in [7, 11) is 0. The molecule has 0 bridgehead atoms. The van der Waals surface area contributed by atoms with Gasteiger partial charge in [-0.15, -0.1) is 0 Å². The fraction of sp³-hybridized carbons (Fsp3) is 0.350. The molecular formula is C20H25N7O3. The number of hydrogen-bond donors (Lipinski definition) is 5. The molecule has 10 heteroatoms. The number of benzene rings is 1. The van der Waals surface area contributed by atoms with Crippen molar-refractivity contribution in [1.82, 2.24) is 30.3 Å². The molecule has 1 atom stereocenters. The maximum atomic E-state index is 12.3. The number of H-pyrrole nitrogens is 1. The number of amides is 4. The molecule has 4 amide bonds. The smallest absolute Gasteiger partial charge is 0.320 e. The summed E-state index contributed by atoms with van der Waals surface area (Å²) < 4.78 is 1.68. The van der Waals surface area contributed by atoms with Gasteiger partial charge in [0, 0.05) is 49.0 Å². The number of anilines is 1. The van der Waals surface area contributed by atoms with Crippen LogP contribution in [0.3, 0.4) is 0 Å². The molecule has 3 heterocycles. The third-order valence-electron chi connectivity index (χ3n) is 5.12. The molecule has 2 aromatic heterocycles. The van der Waals surface area contributed by atoms with Crippen molar-refractivity contribution in [2.75, 3.05) is 31.6 Å². The van der Waals surface area contributed by atoms with Crippen LogP contribution in [0.25, 0.3) is 10.9 Å². The highest BCUT2D eigenvalue weighted by Gasteiger charge is 2.19. The second-order valence-electron chi connectivity index (χ2n) is 7.22. The summed E-state index contributed by atoms with van der Waals surface area (Å²) in [5.74, 6) is 0.405. The van der Waals surface area contributed by atoms with E-state index in [-0.39, 0.29) is 12.6 Å². The van der Waals surface area contributed by atoms with Gasteiger partial charge in [-0.05, 0) is 18.1 Å². The maximum absolute atomic E-state index is 12.3. The SMILES string of the molecule is O=C(Nc1ccn(CCN2CCNC2=O)n1)NC(CO)Cc1c[nH]c2ccccc12. The van der Waals surface area contributed by atoms with Gasteiger partial charge in [-0.1, -0.05) is 18.2 Å². The Kier molecular flexibility index (Phi) is 5.84. The Balaban J connectivity index is 1.29. The number of rotatable bonds is 8. The van der Waals surface area contributed by atoms with E-state index in [2.05, 4.69) is 26.0 Å². The first-order valence-electron chi connectivity index (χ1n) is 9.92. The van der Waals surface area contributed by atoms with Crippen molar-refractivity contribution in [3.05, 3.63) is 48.3 Å². The lowest BCUT2D eigenvalue weighted by Gasteiger charge is -2.16. The number of aromatic nitrogens is 3. The van der Waals surface area contributed by atoms with Gasteiger partial charge in [-0.25, -0.2) is 9.59 Å². The first kappa shape index (κ1) is 19.8. The van der Waals surface area contributed by atoms with Gasteiger partial charge in [-0.2, -0.15) is 5.10 Å². The number of fused-ring (bicyclic) bond motifs is 1. The van der Waals surface area contributed by atoms with E-state index in [4.69, 9.17) is 0 Å². The first-order chi connectivity index (χ1) is 14.6. The van der Waals surface area contributed by atoms with Crippen LogP contribution in [0.2, 0.25) is 0 Å². The van der Waals surface area contributed by atoms with E-state index < -0.39 is 12.1 Å². The molecule has 0 saturated carbocycles. The number of para-hydroxylation sites is 1. The summed E-state index contributed by atoms with van der Waals surface area (Å²) in [6.07, 6.45) is 4.15. The molecule has 0 spiro atoms. The van der Waals surface area contributed by atoms with Crippen molar-refractivity contribution in [3.63, 3.8) is 0 Å². The number of aliphatic hydroxyl groups is 1. The molecule has 1 fully saturated rings. The fourth-order valence-electron chi connectivity index (χ4n) is 3.57. The van der Waals surface area contributed by atoms with E-state index in [0.717, 1.165) is 16.5 Å². The molecule has 4 rings (SSSR count). The molecule has 1 unspecified atom stereocenters. The topological polar surface area (TPSA) is 127 Å². The van der Waals surface area contributed by atoms with Gasteiger partial charge < -0.3 is 25.6 Å². The van der Waals surface area contributed by atoms with Crippen molar-refractivity contribution >= 4 is 28.8 Å². The van der Waals surface area contributed by atoms with Crippen LogP contribution in [0.15, 0.2) is 42.7 Å². The van der Waals surface area contributed by atoms with Crippen LogP contribution in [-0.2, 0) is 13.0 Å². The summed E-state index contributed by atoms with van der Waals surface area (Å²) in [4.78, 5) is 28.8. The molecule has 1 aliphatic heterocycles. The summed E-state index contributed by atoms with van der Waals surface area (Å²) in [6.45, 7) is 2.26. The monoisotopic (exact) mass is 411 g/mol. The Morgan fingerprint density at radius 3 is 2.93 bits per heavy atom. The number of nitrogens with one attached hydrogen (secondary N) is 4. The van der Waals surface area contributed by atoms with E-state index in [1.54, 1.807) is 21.8 Å². The Hall–Kier alpha value is -3.53. The van der Waals surface area contributed by atoms with Gasteiger partial charge >= 0.3 is 12.1 Å². The largest absolute Gasteiger partial charge is 0.394 e. The average Bonchev–Trinajstić information content (AvgIpc) is 3.47. The third-order valence-corrected chi connectivity index (χ3v) is 5.12. The van der Waals surface area contributed by atoms with Crippen molar-refractivity contribution < 1.29 is 14.7 Å². The van der Waals surface area contributed by atoms with Gasteiger partial charge in [0.05, 0.1) is 19.2 Å². The van der Waals surface area contributed by atoms with Crippen LogP contribution >= 0.6 is 0 Å². The number of carbonyl (C=O) groups excluding carboxylic acids is 2. The van der Waals surface area contributed by atoms with E-state index in [1.165, 1.54) is 0 Å². The van der Waals surface area contributed by atoms with Crippen LogP contribution in [0, 0.1) is 0 Å². The van der Waals surface area contributed by atoms with E-state index in [9.17, 15) is 14.7 Å². The molecule has 1 aromatic carbocycles. The predicted octanol–water partition coefficient (Wildman–Crippen LogP) is 1.11. The fourth-order valence-corrected chi connectivity index (χ4v) is 3.57. The lowest BCUT2D eigenvalue weighted by Crippen LogP contribution is -2.41. The second-order valence-corrected chi connectivity index (χ2v) is 7.22. The van der Waals surface area contributed by atoms with Crippen LogP contribution in [-0.4, -0.2) is 69.1 Å². The lowest BCUT2D eigenvalue weighted by atomic mass is 10.1. The molecule has 1 aliphatic rings. The summed E-state index contributed by atoms with van der Waals surface area (Å²) in [6, 6.07) is 8.67. The normalized spacial score (nSPS) is 14.7. The van der Waals surface area contributed by atoms with E-state index in [0.29, 0.717) is 38.4 Å². The lowest BCUT2D eigenvalue weighted by molar-refractivity contribution is 0.215. The average molecular weight is 411 g/mol. The Labute approximate surface area is 173 Å². The maximum Gasteiger partial charge on any atom is 0.320 e. The van der Waals surface area contributed by atoms with Crippen LogP contribution in [0.1, 0.15) is 5.56 Å². The number of carbonyl (C=O) groups is 2. The van der Waals surface area contributed by atoms with Gasteiger partial charge in [0.15, 0.2) is 5.82 Å². The zero-order valence-corrected chi connectivity index (χ0v) is 16.5. The highest BCUT2D eigenvalue weighted by atomic mass is 16.3. The number of nitrogens with zero attached hydrogens (tertiary/aromatic N) is 3. The molecule has 3 aromatic rings. The highest BCUT2D eigenvalue weighted by Crippen LogP contribution is 2.19. The molecule has 5 N–H and O–H groups in total. The molecule has 0 radical (unpaired) electrons. The zero-order valence-electron chi connectivity index (χ0n) is 16.5. The number of aliphatic hydroxyl groups excluding tert-OH is 1. The predicted molar refractivity (Wildman–Crippen MR) is 112 cm³/mol. The molecule has 10 nitrogen and oxygen atoms in total. The van der Waals surface area contributed by atoms with Crippen molar-refractivity contribution in [1.29, 1.82) is 0 Å². The van der Waals surface area contributed by atoms with E-state index >= 15 is 0 Å². The quantitative estimate of drug-likeness (QED) is 0.380. The van der Waals surface area contributed by atoms with Crippen LogP contribution in [0.4, 0.5) is 15.4 Å². The van der Waals surface area contributed by atoms with Crippen molar-refractivity contribution in [2.45, 2.75) is 19.0 Å². The second kappa shape index (κ2) is 8.87. The summed E-state index contributed by atoms with van der Waals surface area (Å²) in [5.41, 5.74) is 2.05. The van der Waals surface area contributed by atoms with Crippen molar-refractivity contribution in [2.24, 2.45) is 0 Å². The summed E-state index contributed by atoms with van der Waals surface area (Å²) in [5, 5.41) is 23.3. The van der Waals surface area contributed by atoms with Gasteiger partial charge in [0.2, 0.25) is 0 Å². The van der Waals surface area contributed by atoms with Crippen molar-refractivity contribution in [3.8, 4) is 0 Å². The Bertz CT molecular complexity index is 1030. The number of urea groups is 2. The summed E-state index contributed by atoms with van der Waals surface area (Å²) >= 11 is 0. The van der Waals surface area contributed by atoms with Crippen LogP contribution in [0.5, 0.6) is 0 Å². The molecule has 1 saturated heterocycles. The minimum Gasteiger partial charge on any atom is -0.394 e. The first-order valence-corrected chi connectivity index (χ1v) is 9.92. The zero-order chi connectivity index (χ0) is 20.9.